The van der Waals surface area contributed by atoms with Crippen molar-refractivity contribution < 1.29 is 28.7 Å². The molecule has 1 aliphatic heterocycles. The van der Waals surface area contributed by atoms with E-state index in [-0.39, 0.29) is 30.6 Å². The lowest BCUT2D eigenvalue weighted by Crippen LogP contribution is -2.19. The van der Waals surface area contributed by atoms with Gasteiger partial charge in [0.2, 0.25) is 18.4 Å². The van der Waals surface area contributed by atoms with Crippen LogP contribution in [0.1, 0.15) is 11.1 Å². The molecular weight excluding hydrogens is 370 g/mol. The summed E-state index contributed by atoms with van der Waals surface area (Å²) in [4.78, 5) is 22.7. The van der Waals surface area contributed by atoms with Crippen LogP contribution in [0.25, 0.3) is 0 Å². The van der Waals surface area contributed by atoms with Crippen molar-refractivity contribution in [3.05, 3.63) is 51.6 Å². The van der Waals surface area contributed by atoms with Crippen molar-refractivity contribution in [1.82, 2.24) is 5.43 Å². The molecular formula is C18H17N3O7. The molecule has 2 aromatic rings. The maximum atomic E-state index is 12.1. The number of ether oxygens (including phenoxy) is 4. The molecule has 0 bridgehead atoms. The molecule has 0 spiro atoms. The third-order valence-corrected chi connectivity index (χ3v) is 3.92. The average Bonchev–Trinajstić information content (AvgIpc) is 3.15. The van der Waals surface area contributed by atoms with Crippen molar-refractivity contribution in [2.24, 2.45) is 5.10 Å². The molecule has 3 rings (SSSR count). The topological polar surface area (TPSA) is 122 Å². The molecule has 1 aliphatic rings. The van der Waals surface area contributed by atoms with E-state index in [0.29, 0.717) is 22.8 Å². The summed E-state index contributed by atoms with van der Waals surface area (Å²) in [7, 11) is 2.74. The van der Waals surface area contributed by atoms with Gasteiger partial charge in [0.25, 0.3) is 0 Å². The number of fused-ring (bicyclic) bond motifs is 1. The fourth-order valence-electron chi connectivity index (χ4n) is 2.60. The number of hydrogen-bond donors (Lipinski definition) is 1. The van der Waals surface area contributed by atoms with Gasteiger partial charge in [-0.25, -0.2) is 5.43 Å². The molecule has 0 saturated heterocycles. The van der Waals surface area contributed by atoms with E-state index in [2.05, 4.69) is 10.5 Å². The van der Waals surface area contributed by atoms with Crippen molar-refractivity contribution in [1.29, 1.82) is 0 Å². The van der Waals surface area contributed by atoms with Crippen LogP contribution in [0.15, 0.2) is 35.4 Å². The van der Waals surface area contributed by atoms with E-state index >= 15 is 0 Å². The molecule has 0 aliphatic carbocycles. The number of amides is 1. The highest BCUT2D eigenvalue weighted by molar-refractivity contribution is 5.87. The van der Waals surface area contributed by atoms with E-state index in [9.17, 15) is 14.9 Å². The van der Waals surface area contributed by atoms with Gasteiger partial charge in [0, 0.05) is 17.7 Å². The number of nitrogens with zero attached hydrogens (tertiary/aromatic N) is 2. The Kier molecular flexibility index (Phi) is 5.58. The molecule has 0 aromatic heterocycles. The monoisotopic (exact) mass is 387 g/mol. The summed E-state index contributed by atoms with van der Waals surface area (Å²) in [6.07, 6.45) is 1.34. The molecule has 10 nitrogen and oxygen atoms in total. The van der Waals surface area contributed by atoms with Gasteiger partial charge >= 0.3 is 5.69 Å². The normalized spacial score (nSPS) is 12.1. The Morgan fingerprint density at radius 2 is 1.96 bits per heavy atom. The second-order valence-corrected chi connectivity index (χ2v) is 5.68. The third-order valence-electron chi connectivity index (χ3n) is 3.92. The second-order valence-electron chi connectivity index (χ2n) is 5.68. The summed E-state index contributed by atoms with van der Waals surface area (Å²) < 4.78 is 20.7. The summed E-state index contributed by atoms with van der Waals surface area (Å²) in [5.74, 6) is 1.23. The van der Waals surface area contributed by atoms with Gasteiger partial charge < -0.3 is 18.9 Å². The van der Waals surface area contributed by atoms with Gasteiger partial charge in [0.05, 0.1) is 31.8 Å². The lowest BCUT2D eigenvalue weighted by atomic mass is 10.1. The van der Waals surface area contributed by atoms with Crippen molar-refractivity contribution in [2.45, 2.75) is 6.42 Å². The number of nitro benzene ring substituents is 1. The molecule has 146 valence electrons. The Bertz CT molecular complexity index is 943. The van der Waals surface area contributed by atoms with Gasteiger partial charge in [-0.05, 0) is 17.7 Å². The molecule has 0 radical (unpaired) electrons. The molecule has 0 unspecified atom stereocenters. The summed E-state index contributed by atoms with van der Waals surface area (Å²) in [5, 5.41) is 15.0. The molecule has 0 saturated carbocycles. The summed E-state index contributed by atoms with van der Waals surface area (Å²) in [6, 6.07) is 7.85. The zero-order valence-corrected chi connectivity index (χ0v) is 15.1. The zero-order valence-electron chi connectivity index (χ0n) is 15.1. The first kappa shape index (κ1) is 19.0. The lowest BCUT2D eigenvalue weighted by molar-refractivity contribution is -0.385. The number of hydrogen-bond acceptors (Lipinski definition) is 8. The predicted molar refractivity (Wildman–Crippen MR) is 98.2 cm³/mol. The van der Waals surface area contributed by atoms with Crippen LogP contribution in [0, 0.1) is 10.1 Å². The molecule has 10 heteroatoms. The molecule has 2 aromatic carbocycles. The summed E-state index contributed by atoms with van der Waals surface area (Å²) in [5.41, 5.74) is 3.19. The standard InChI is InChI=1S/C18H17N3O7/c1-25-15-8-16(26-2)13(21(23)24)7-12(15)9-19-20-18(22)6-11-3-4-14-17(5-11)28-10-27-14/h3-5,7-9H,6,10H2,1-2H3,(H,20,22)/b19-9-. The highest BCUT2D eigenvalue weighted by Crippen LogP contribution is 2.34. The van der Waals surface area contributed by atoms with Crippen molar-refractivity contribution in [2.75, 3.05) is 21.0 Å². The van der Waals surface area contributed by atoms with E-state index in [0.717, 1.165) is 5.56 Å². The fraction of sp³-hybridized carbons (Fsp3) is 0.222. The minimum atomic E-state index is -0.576. The number of carbonyl (C=O) groups is 1. The van der Waals surface area contributed by atoms with Gasteiger partial charge in [-0.2, -0.15) is 5.10 Å². The largest absolute Gasteiger partial charge is 0.496 e. The first-order valence-corrected chi connectivity index (χ1v) is 8.12. The van der Waals surface area contributed by atoms with Crippen molar-refractivity contribution in [3.8, 4) is 23.0 Å². The Balaban J connectivity index is 1.69. The quantitative estimate of drug-likeness (QED) is 0.438. The van der Waals surface area contributed by atoms with Gasteiger partial charge in [-0.15, -0.1) is 0 Å². The van der Waals surface area contributed by atoms with Crippen LogP contribution in [0.4, 0.5) is 5.69 Å². The first-order valence-electron chi connectivity index (χ1n) is 8.12. The van der Waals surface area contributed by atoms with E-state index < -0.39 is 4.92 Å². The minimum absolute atomic E-state index is 0.0610. The predicted octanol–water partition coefficient (Wildman–Crippen LogP) is 2.03. The molecule has 1 heterocycles. The maximum absolute atomic E-state index is 12.1. The number of nitrogens with one attached hydrogen (secondary N) is 1. The van der Waals surface area contributed by atoms with Crippen LogP contribution < -0.4 is 24.4 Å². The average molecular weight is 387 g/mol. The Hall–Kier alpha value is -3.82. The Morgan fingerprint density at radius 3 is 2.68 bits per heavy atom. The van der Waals surface area contributed by atoms with Gasteiger partial charge in [0.1, 0.15) is 5.75 Å². The Labute approximate surface area is 159 Å². The van der Waals surface area contributed by atoms with Crippen LogP contribution >= 0.6 is 0 Å². The van der Waals surface area contributed by atoms with E-state index in [1.807, 2.05) is 0 Å². The maximum Gasteiger partial charge on any atom is 0.311 e. The third kappa shape index (κ3) is 4.11. The number of hydrazone groups is 1. The lowest BCUT2D eigenvalue weighted by Gasteiger charge is -2.08. The SMILES string of the molecule is COc1cc(OC)c([N+](=O)[O-])cc1/C=N\NC(=O)Cc1ccc2c(c1)OCO2. The molecule has 0 fully saturated rings. The van der Waals surface area contributed by atoms with Crippen molar-refractivity contribution >= 4 is 17.8 Å². The highest BCUT2D eigenvalue weighted by Gasteiger charge is 2.19. The van der Waals surface area contributed by atoms with E-state index in [1.165, 1.54) is 32.6 Å². The van der Waals surface area contributed by atoms with Gasteiger partial charge in [0.15, 0.2) is 11.5 Å². The van der Waals surface area contributed by atoms with E-state index in [4.69, 9.17) is 18.9 Å². The van der Waals surface area contributed by atoms with Crippen LogP contribution in [-0.4, -0.2) is 38.1 Å². The molecule has 1 amide bonds. The number of nitro groups is 1. The van der Waals surface area contributed by atoms with Crippen LogP contribution in [0.5, 0.6) is 23.0 Å². The van der Waals surface area contributed by atoms with Crippen LogP contribution in [0.3, 0.4) is 0 Å². The highest BCUT2D eigenvalue weighted by atomic mass is 16.7. The number of carbonyl (C=O) groups excluding carboxylic acids is 1. The fourth-order valence-corrected chi connectivity index (χ4v) is 2.60. The van der Waals surface area contributed by atoms with Crippen LogP contribution in [0.2, 0.25) is 0 Å². The number of benzene rings is 2. The minimum Gasteiger partial charge on any atom is -0.496 e. The molecule has 0 atom stereocenters. The first-order chi connectivity index (χ1) is 13.5. The van der Waals surface area contributed by atoms with Crippen molar-refractivity contribution in [3.63, 3.8) is 0 Å². The number of methoxy groups -OCH3 is 2. The van der Waals surface area contributed by atoms with Gasteiger partial charge in [-0.1, -0.05) is 6.07 Å². The van der Waals surface area contributed by atoms with Gasteiger partial charge in [-0.3, -0.25) is 14.9 Å². The summed E-state index contributed by atoms with van der Waals surface area (Å²) >= 11 is 0. The Morgan fingerprint density at radius 1 is 1.21 bits per heavy atom. The summed E-state index contributed by atoms with van der Waals surface area (Å²) in [6.45, 7) is 0.158. The molecule has 28 heavy (non-hydrogen) atoms. The zero-order chi connectivity index (χ0) is 20.1. The second kappa shape index (κ2) is 8.25. The smallest absolute Gasteiger partial charge is 0.311 e. The van der Waals surface area contributed by atoms with Crippen LogP contribution in [-0.2, 0) is 11.2 Å². The number of rotatable bonds is 7. The molecule has 1 N–H and O–H groups in total. The van der Waals surface area contributed by atoms with E-state index in [1.54, 1.807) is 18.2 Å².